The number of unbranched alkanes of at least 4 members (excludes halogenated alkanes) is 20. The molecule has 0 rings (SSSR count). The lowest BCUT2D eigenvalue weighted by atomic mass is 10.1. The molecule has 0 unspecified atom stereocenters. The van der Waals surface area contributed by atoms with Gasteiger partial charge in [-0.15, -0.1) is 0 Å². The van der Waals surface area contributed by atoms with Crippen molar-refractivity contribution in [3.8, 4) is 0 Å². The molecule has 0 spiro atoms. The van der Waals surface area contributed by atoms with E-state index in [0.717, 1.165) is 38.5 Å². The second kappa shape index (κ2) is 33.2. The minimum Gasteiger partial charge on any atom is -0.481 e. The minimum absolute atomic E-state index is 0.0776. The van der Waals surface area contributed by atoms with Crippen LogP contribution in [0, 0.1) is 0 Å². The molecular weight excluding hydrogens is 570 g/mol. The fraction of sp³-hybridized carbons (Fsp3) is 0.892. The van der Waals surface area contributed by atoms with Crippen LogP contribution in [0.5, 0.6) is 0 Å². The zero-order valence-corrected chi connectivity index (χ0v) is 29.3. The number of aliphatic carboxylic acids is 1. The van der Waals surface area contributed by atoms with Crippen molar-refractivity contribution in [2.45, 2.75) is 187 Å². The number of esters is 2. The molecule has 8 heteroatoms. The van der Waals surface area contributed by atoms with Gasteiger partial charge < -0.3 is 19.5 Å². The fourth-order valence-corrected chi connectivity index (χ4v) is 5.46. The van der Waals surface area contributed by atoms with Crippen LogP contribution in [0.25, 0.3) is 0 Å². The second-order valence-electron chi connectivity index (χ2n) is 12.6. The summed E-state index contributed by atoms with van der Waals surface area (Å²) in [5.41, 5.74) is 0. The highest BCUT2D eigenvalue weighted by Crippen LogP contribution is 2.13. The molecule has 0 radical (unpaired) electrons. The molecule has 0 saturated carbocycles. The van der Waals surface area contributed by atoms with Gasteiger partial charge >= 0.3 is 17.9 Å². The van der Waals surface area contributed by atoms with Crippen LogP contribution < -0.4 is 0 Å². The Morgan fingerprint density at radius 1 is 0.444 bits per heavy atom. The van der Waals surface area contributed by atoms with E-state index in [2.05, 4.69) is 13.8 Å². The molecule has 0 fully saturated rings. The summed E-state index contributed by atoms with van der Waals surface area (Å²) in [6.07, 6.45) is 27.8. The molecule has 0 heterocycles. The van der Waals surface area contributed by atoms with Gasteiger partial charge in [-0.05, 0) is 19.3 Å². The Kier molecular flexibility index (Phi) is 31.7. The van der Waals surface area contributed by atoms with Crippen molar-refractivity contribution >= 4 is 23.8 Å². The SMILES string of the molecule is CCCCCCCCCCCCCC(=O)OCCN(CCOC(=O)CCCCCCCCCCCCC)C(=O)CCCC(=O)O. The van der Waals surface area contributed by atoms with Gasteiger partial charge in [0.1, 0.15) is 13.2 Å². The summed E-state index contributed by atoms with van der Waals surface area (Å²) in [5.74, 6) is -1.69. The zero-order valence-electron chi connectivity index (χ0n) is 29.3. The van der Waals surface area contributed by atoms with E-state index in [9.17, 15) is 19.2 Å². The lowest BCUT2D eigenvalue weighted by Gasteiger charge is -2.22. The number of rotatable bonds is 34. The number of nitrogens with zero attached hydrogens (tertiary/aromatic N) is 1. The molecule has 0 saturated heterocycles. The molecule has 0 aromatic rings. The number of carboxylic acid groups (broad SMARTS) is 1. The molecule has 0 aliphatic heterocycles. The molecule has 0 aliphatic rings. The highest BCUT2D eigenvalue weighted by atomic mass is 16.5. The van der Waals surface area contributed by atoms with Crippen LogP contribution >= 0.6 is 0 Å². The summed E-state index contributed by atoms with van der Waals surface area (Å²) in [6.45, 7) is 5.03. The second-order valence-corrected chi connectivity index (χ2v) is 12.6. The minimum atomic E-state index is -0.943. The topological polar surface area (TPSA) is 110 Å². The van der Waals surface area contributed by atoms with Crippen LogP contribution in [0.15, 0.2) is 0 Å². The van der Waals surface area contributed by atoms with E-state index >= 15 is 0 Å². The van der Waals surface area contributed by atoms with Gasteiger partial charge in [0.05, 0.1) is 13.1 Å². The Labute approximate surface area is 275 Å². The highest BCUT2D eigenvalue weighted by Gasteiger charge is 2.16. The van der Waals surface area contributed by atoms with E-state index in [0.29, 0.717) is 12.8 Å². The number of amides is 1. The smallest absolute Gasteiger partial charge is 0.305 e. The van der Waals surface area contributed by atoms with Crippen LogP contribution in [-0.2, 0) is 28.7 Å². The largest absolute Gasteiger partial charge is 0.481 e. The summed E-state index contributed by atoms with van der Waals surface area (Å²) in [4.78, 5) is 49.4. The maximum Gasteiger partial charge on any atom is 0.305 e. The maximum atomic E-state index is 12.7. The van der Waals surface area contributed by atoms with Crippen molar-refractivity contribution < 1.29 is 33.8 Å². The standard InChI is InChI=1S/C37H69NO7/c1-3-5-7-9-11-13-15-17-19-21-23-28-36(42)44-32-30-38(34(39)26-25-27-35(40)41)31-33-45-37(43)29-24-22-20-18-16-14-12-10-8-6-4-2/h3-33H2,1-2H3,(H,40,41). The van der Waals surface area contributed by atoms with Crippen LogP contribution in [0.1, 0.15) is 187 Å². The van der Waals surface area contributed by atoms with Crippen LogP contribution in [-0.4, -0.2) is 60.1 Å². The Bertz CT molecular complexity index is 684. The third-order valence-corrected chi connectivity index (χ3v) is 8.35. The Balaban J connectivity index is 4.11. The molecule has 0 aromatic heterocycles. The number of hydrogen-bond donors (Lipinski definition) is 1. The van der Waals surface area contributed by atoms with E-state index in [1.807, 2.05) is 0 Å². The third-order valence-electron chi connectivity index (χ3n) is 8.35. The summed E-state index contributed by atoms with van der Waals surface area (Å²) in [6, 6.07) is 0. The van der Waals surface area contributed by atoms with Gasteiger partial charge in [0.2, 0.25) is 5.91 Å². The van der Waals surface area contributed by atoms with Gasteiger partial charge in [-0.25, -0.2) is 0 Å². The normalized spacial score (nSPS) is 11.0. The number of ether oxygens (including phenoxy) is 2. The van der Waals surface area contributed by atoms with Crippen molar-refractivity contribution in [2.75, 3.05) is 26.3 Å². The summed E-state index contributed by atoms with van der Waals surface area (Å²) >= 11 is 0. The van der Waals surface area contributed by atoms with Gasteiger partial charge in [-0.1, -0.05) is 142 Å². The molecule has 8 nitrogen and oxygen atoms in total. The number of carbonyl (C=O) groups excluding carboxylic acids is 3. The zero-order chi connectivity index (χ0) is 33.2. The summed E-state index contributed by atoms with van der Waals surface area (Å²) in [5, 5.41) is 8.89. The third kappa shape index (κ3) is 31.6. The fourth-order valence-electron chi connectivity index (χ4n) is 5.46. The monoisotopic (exact) mass is 640 g/mol. The van der Waals surface area contributed by atoms with Gasteiger partial charge in [-0.3, -0.25) is 19.2 Å². The first-order valence-corrected chi connectivity index (χ1v) is 18.7. The first-order chi connectivity index (χ1) is 21.9. The van der Waals surface area contributed by atoms with E-state index in [1.165, 1.54) is 108 Å². The Hall–Kier alpha value is -2.12. The number of carbonyl (C=O) groups is 4. The van der Waals surface area contributed by atoms with Crippen molar-refractivity contribution in [1.29, 1.82) is 0 Å². The van der Waals surface area contributed by atoms with Gasteiger partial charge in [0.25, 0.3) is 0 Å². The molecule has 264 valence electrons. The summed E-state index contributed by atoms with van der Waals surface area (Å²) < 4.78 is 10.7. The maximum absolute atomic E-state index is 12.7. The average Bonchev–Trinajstić information content (AvgIpc) is 3.01. The molecule has 1 N–H and O–H groups in total. The highest BCUT2D eigenvalue weighted by molar-refractivity contribution is 5.77. The first kappa shape index (κ1) is 42.9. The summed E-state index contributed by atoms with van der Waals surface area (Å²) in [7, 11) is 0. The quantitative estimate of drug-likeness (QED) is 0.0551. The lowest BCUT2D eigenvalue weighted by molar-refractivity contribution is -0.148. The molecule has 0 aliphatic carbocycles. The van der Waals surface area contributed by atoms with E-state index in [4.69, 9.17) is 14.6 Å². The van der Waals surface area contributed by atoms with Crippen LogP contribution in [0.2, 0.25) is 0 Å². The van der Waals surface area contributed by atoms with Crippen molar-refractivity contribution in [3.05, 3.63) is 0 Å². The van der Waals surface area contributed by atoms with Gasteiger partial charge in [0.15, 0.2) is 0 Å². The molecule has 1 amide bonds. The van der Waals surface area contributed by atoms with E-state index in [1.54, 1.807) is 0 Å². The van der Waals surface area contributed by atoms with Crippen LogP contribution in [0.3, 0.4) is 0 Å². The average molecular weight is 640 g/mol. The molecular formula is C37H69NO7. The molecule has 0 bridgehead atoms. The predicted octanol–water partition coefficient (Wildman–Crippen LogP) is 9.56. The van der Waals surface area contributed by atoms with Gasteiger partial charge in [0, 0.05) is 25.7 Å². The lowest BCUT2D eigenvalue weighted by Crippen LogP contribution is -2.37. The predicted molar refractivity (Wildman–Crippen MR) is 182 cm³/mol. The number of carboxylic acids is 1. The van der Waals surface area contributed by atoms with E-state index < -0.39 is 5.97 Å². The molecule has 0 atom stereocenters. The Morgan fingerprint density at radius 2 is 0.778 bits per heavy atom. The Morgan fingerprint density at radius 3 is 1.11 bits per heavy atom. The van der Waals surface area contributed by atoms with Crippen LogP contribution in [0.4, 0.5) is 0 Å². The van der Waals surface area contributed by atoms with Crippen molar-refractivity contribution in [3.63, 3.8) is 0 Å². The first-order valence-electron chi connectivity index (χ1n) is 18.7. The molecule has 0 aromatic carbocycles. The van der Waals surface area contributed by atoms with E-state index in [-0.39, 0.29) is 63.4 Å². The van der Waals surface area contributed by atoms with Crippen molar-refractivity contribution in [1.82, 2.24) is 4.90 Å². The number of hydrogen-bond acceptors (Lipinski definition) is 6. The molecule has 45 heavy (non-hydrogen) atoms. The van der Waals surface area contributed by atoms with Crippen molar-refractivity contribution in [2.24, 2.45) is 0 Å². The van der Waals surface area contributed by atoms with Gasteiger partial charge in [-0.2, -0.15) is 0 Å².